The third kappa shape index (κ3) is 3.08. The van der Waals surface area contributed by atoms with E-state index >= 15 is 0 Å². The predicted octanol–water partition coefficient (Wildman–Crippen LogP) is 2.28. The lowest BCUT2D eigenvalue weighted by atomic mass is 9.97. The summed E-state index contributed by atoms with van der Waals surface area (Å²) in [6, 6.07) is 8.04. The summed E-state index contributed by atoms with van der Waals surface area (Å²) in [5, 5.41) is 3.23. The summed E-state index contributed by atoms with van der Waals surface area (Å²) >= 11 is 0. The van der Waals surface area contributed by atoms with E-state index in [2.05, 4.69) is 20.9 Å². The Labute approximate surface area is 125 Å². The number of fused-ring (bicyclic) bond motifs is 1. The summed E-state index contributed by atoms with van der Waals surface area (Å²) < 4.78 is 7.08. The molecule has 0 saturated carbocycles. The molecule has 1 N–H and O–H groups in total. The zero-order valence-corrected chi connectivity index (χ0v) is 13.1. The highest BCUT2D eigenvalue weighted by Gasteiger charge is 2.33. The van der Waals surface area contributed by atoms with E-state index in [9.17, 15) is 4.79 Å². The van der Waals surface area contributed by atoms with Crippen LogP contribution in [0.5, 0.6) is 0 Å². The number of nitrogens with zero attached hydrogens (tertiary/aromatic N) is 2. The molecule has 0 saturated heterocycles. The number of methoxy groups -OCH3 is 1. The topological polar surface area (TPSA) is 56.2 Å². The number of imidazole rings is 1. The zero-order chi connectivity index (χ0) is 15.5. The standard InChI is InChI=1S/C16H23N3O2/c1-5-17-16(3,15(20)21-4)10-11-19-12(2)18-13-8-6-7-9-14(13)19/h6-9,17H,5,10-11H2,1-4H3. The molecule has 114 valence electrons. The summed E-state index contributed by atoms with van der Waals surface area (Å²) in [5.41, 5.74) is 1.40. The van der Waals surface area contributed by atoms with Crippen LogP contribution in [0.15, 0.2) is 24.3 Å². The predicted molar refractivity (Wildman–Crippen MR) is 83.2 cm³/mol. The Hall–Kier alpha value is -1.88. The van der Waals surface area contributed by atoms with Crippen molar-refractivity contribution in [2.24, 2.45) is 0 Å². The van der Waals surface area contributed by atoms with Crippen LogP contribution >= 0.6 is 0 Å². The Morgan fingerprint density at radius 3 is 2.81 bits per heavy atom. The van der Waals surface area contributed by atoms with Crippen LogP contribution in [0.3, 0.4) is 0 Å². The van der Waals surface area contributed by atoms with E-state index in [0.29, 0.717) is 13.0 Å². The molecule has 0 amide bonds. The molecule has 0 aliphatic rings. The number of rotatable bonds is 6. The molecule has 1 heterocycles. The first-order chi connectivity index (χ1) is 10.0. The van der Waals surface area contributed by atoms with Gasteiger partial charge in [0, 0.05) is 6.54 Å². The van der Waals surface area contributed by atoms with Crippen LogP contribution < -0.4 is 5.32 Å². The molecule has 1 aromatic heterocycles. The number of aromatic nitrogens is 2. The summed E-state index contributed by atoms with van der Waals surface area (Å²) in [6.07, 6.45) is 0.648. The minimum atomic E-state index is -0.679. The highest BCUT2D eigenvalue weighted by molar-refractivity contribution is 5.80. The van der Waals surface area contributed by atoms with Crippen molar-refractivity contribution < 1.29 is 9.53 Å². The average molecular weight is 289 g/mol. The second kappa shape index (κ2) is 6.26. The van der Waals surface area contributed by atoms with E-state index in [-0.39, 0.29) is 5.97 Å². The van der Waals surface area contributed by atoms with Gasteiger partial charge in [-0.25, -0.2) is 4.98 Å². The molecule has 5 heteroatoms. The average Bonchev–Trinajstić information content (AvgIpc) is 2.80. The van der Waals surface area contributed by atoms with Crippen LogP contribution in [0.4, 0.5) is 0 Å². The number of nitrogens with one attached hydrogen (secondary N) is 1. The van der Waals surface area contributed by atoms with Crippen LogP contribution in [-0.4, -0.2) is 34.7 Å². The highest BCUT2D eigenvalue weighted by Crippen LogP contribution is 2.19. The van der Waals surface area contributed by atoms with Gasteiger partial charge in [-0.3, -0.25) is 4.79 Å². The van der Waals surface area contributed by atoms with Gasteiger partial charge in [-0.2, -0.15) is 0 Å². The van der Waals surface area contributed by atoms with Gasteiger partial charge >= 0.3 is 5.97 Å². The van der Waals surface area contributed by atoms with Crippen molar-refractivity contribution in [3.63, 3.8) is 0 Å². The van der Waals surface area contributed by atoms with Gasteiger partial charge in [0.15, 0.2) is 0 Å². The monoisotopic (exact) mass is 289 g/mol. The number of carbonyl (C=O) groups is 1. The molecular formula is C16H23N3O2. The summed E-state index contributed by atoms with van der Waals surface area (Å²) in [6.45, 7) is 7.29. The van der Waals surface area contributed by atoms with Gasteiger partial charge in [0.1, 0.15) is 11.4 Å². The second-order valence-electron chi connectivity index (χ2n) is 5.40. The molecule has 2 rings (SSSR count). The Balaban J connectivity index is 2.23. The van der Waals surface area contributed by atoms with E-state index in [4.69, 9.17) is 4.74 Å². The van der Waals surface area contributed by atoms with Crippen LogP contribution in [0.2, 0.25) is 0 Å². The maximum absolute atomic E-state index is 12.0. The normalized spacial score (nSPS) is 14.1. The van der Waals surface area contributed by atoms with Gasteiger partial charge in [0.05, 0.1) is 18.1 Å². The van der Waals surface area contributed by atoms with Crippen molar-refractivity contribution in [2.45, 2.75) is 39.3 Å². The first-order valence-corrected chi connectivity index (χ1v) is 7.27. The molecule has 0 aliphatic carbocycles. The number of likely N-dealkylation sites (N-methyl/N-ethyl adjacent to an activating group) is 1. The number of benzene rings is 1. The first-order valence-electron chi connectivity index (χ1n) is 7.27. The lowest BCUT2D eigenvalue weighted by Crippen LogP contribution is -2.50. The van der Waals surface area contributed by atoms with Crippen LogP contribution in [0.1, 0.15) is 26.1 Å². The van der Waals surface area contributed by atoms with E-state index < -0.39 is 5.54 Å². The maximum atomic E-state index is 12.0. The Kier molecular flexibility index (Phi) is 4.63. The van der Waals surface area contributed by atoms with Gasteiger partial charge in [-0.05, 0) is 38.9 Å². The molecule has 0 aliphatic heterocycles. The third-order valence-electron chi connectivity index (χ3n) is 3.88. The lowest BCUT2D eigenvalue weighted by Gasteiger charge is -2.28. The summed E-state index contributed by atoms with van der Waals surface area (Å²) in [7, 11) is 1.43. The van der Waals surface area contributed by atoms with Crippen molar-refractivity contribution in [2.75, 3.05) is 13.7 Å². The van der Waals surface area contributed by atoms with Crippen molar-refractivity contribution in [3.8, 4) is 0 Å². The minimum absolute atomic E-state index is 0.230. The number of aryl methyl sites for hydroxylation is 2. The van der Waals surface area contributed by atoms with Crippen molar-refractivity contribution in [3.05, 3.63) is 30.1 Å². The number of hydrogen-bond acceptors (Lipinski definition) is 4. The number of esters is 1. The smallest absolute Gasteiger partial charge is 0.325 e. The Bertz CT molecular complexity index is 635. The molecule has 1 atom stereocenters. The van der Waals surface area contributed by atoms with E-state index in [0.717, 1.165) is 23.4 Å². The second-order valence-corrected chi connectivity index (χ2v) is 5.40. The van der Waals surface area contributed by atoms with Gasteiger partial charge in [-0.1, -0.05) is 19.1 Å². The Morgan fingerprint density at radius 1 is 1.43 bits per heavy atom. The molecule has 0 radical (unpaired) electrons. The summed E-state index contributed by atoms with van der Waals surface area (Å²) in [5.74, 6) is 0.728. The van der Waals surface area contributed by atoms with E-state index in [1.165, 1.54) is 7.11 Å². The minimum Gasteiger partial charge on any atom is -0.468 e. The van der Waals surface area contributed by atoms with E-state index in [1.54, 1.807) is 0 Å². The number of para-hydroxylation sites is 2. The summed E-state index contributed by atoms with van der Waals surface area (Å²) in [4.78, 5) is 16.6. The SMILES string of the molecule is CCNC(C)(CCn1c(C)nc2ccccc21)C(=O)OC. The van der Waals surface area contributed by atoms with Crippen molar-refractivity contribution in [1.82, 2.24) is 14.9 Å². The van der Waals surface area contributed by atoms with Gasteiger partial charge in [0.2, 0.25) is 0 Å². The maximum Gasteiger partial charge on any atom is 0.325 e. The van der Waals surface area contributed by atoms with Gasteiger partial charge in [0.25, 0.3) is 0 Å². The molecule has 2 aromatic rings. The fraction of sp³-hybridized carbons (Fsp3) is 0.500. The fourth-order valence-electron chi connectivity index (χ4n) is 2.69. The Morgan fingerprint density at radius 2 is 2.14 bits per heavy atom. The number of carbonyl (C=O) groups excluding carboxylic acids is 1. The number of ether oxygens (including phenoxy) is 1. The highest BCUT2D eigenvalue weighted by atomic mass is 16.5. The third-order valence-corrected chi connectivity index (χ3v) is 3.88. The largest absolute Gasteiger partial charge is 0.468 e. The van der Waals surface area contributed by atoms with E-state index in [1.807, 2.05) is 39.0 Å². The first kappa shape index (κ1) is 15.5. The molecule has 21 heavy (non-hydrogen) atoms. The molecular weight excluding hydrogens is 266 g/mol. The fourth-order valence-corrected chi connectivity index (χ4v) is 2.69. The molecule has 0 bridgehead atoms. The molecule has 0 spiro atoms. The van der Waals surface area contributed by atoms with Crippen LogP contribution in [-0.2, 0) is 16.1 Å². The molecule has 1 unspecified atom stereocenters. The zero-order valence-electron chi connectivity index (χ0n) is 13.1. The lowest BCUT2D eigenvalue weighted by molar-refractivity contribution is -0.148. The van der Waals surface area contributed by atoms with Crippen LogP contribution in [0.25, 0.3) is 11.0 Å². The van der Waals surface area contributed by atoms with Crippen LogP contribution in [0, 0.1) is 6.92 Å². The molecule has 0 fully saturated rings. The molecule has 1 aromatic carbocycles. The van der Waals surface area contributed by atoms with Gasteiger partial charge in [-0.15, -0.1) is 0 Å². The number of hydrogen-bond donors (Lipinski definition) is 1. The van der Waals surface area contributed by atoms with Crippen molar-refractivity contribution in [1.29, 1.82) is 0 Å². The quantitative estimate of drug-likeness (QED) is 0.829. The molecule has 5 nitrogen and oxygen atoms in total. The van der Waals surface area contributed by atoms with Gasteiger partial charge < -0.3 is 14.6 Å². The van der Waals surface area contributed by atoms with Crippen molar-refractivity contribution >= 4 is 17.0 Å².